The molecule has 0 spiro atoms. The van der Waals surface area contributed by atoms with Gasteiger partial charge in [0.1, 0.15) is 5.69 Å². The second-order valence-electron chi connectivity index (χ2n) is 4.98. The Balaban J connectivity index is 2.16. The van der Waals surface area contributed by atoms with E-state index >= 15 is 0 Å². The van der Waals surface area contributed by atoms with E-state index in [-0.39, 0.29) is 12.6 Å². The molecule has 7 heteroatoms. The summed E-state index contributed by atoms with van der Waals surface area (Å²) < 4.78 is 5.14. The first kappa shape index (κ1) is 16.0. The zero-order chi connectivity index (χ0) is 17.1. The van der Waals surface area contributed by atoms with Crippen LogP contribution in [-0.2, 0) is 4.74 Å². The molecular formula is C17H15ClN4O2. The molecule has 3 aromatic rings. The van der Waals surface area contributed by atoms with Crippen LogP contribution in [0.3, 0.4) is 0 Å². The van der Waals surface area contributed by atoms with Crippen molar-refractivity contribution in [1.82, 2.24) is 15.0 Å². The number of hydrogen-bond acceptors (Lipinski definition) is 5. The maximum Gasteiger partial charge on any atom is 0.340 e. The standard InChI is InChI=1S/C17H15ClN4O2/c1-2-24-16(23)11-8-13(15-12(18)9-20-17(19)22-15)21-14(11)10-6-4-3-5-7-10/h3-9,21H,2H2,1H3,(H2,19,20,22). The van der Waals surface area contributed by atoms with E-state index in [4.69, 9.17) is 22.1 Å². The van der Waals surface area contributed by atoms with Gasteiger partial charge in [-0.05, 0) is 18.6 Å². The molecule has 0 aliphatic heterocycles. The highest BCUT2D eigenvalue weighted by molar-refractivity contribution is 6.32. The molecule has 0 fully saturated rings. The number of nitrogens with one attached hydrogen (secondary N) is 1. The van der Waals surface area contributed by atoms with Gasteiger partial charge in [-0.15, -0.1) is 0 Å². The Morgan fingerprint density at radius 1 is 1.33 bits per heavy atom. The summed E-state index contributed by atoms with van der Waals surface area (Å²) in [6, 6.07) is 11.1. The third-order valence-corrected chi connectivity index (χ3v) is 3.67. The first-order valence-corrected chi connectivity index (χ1v) is 7.72. The number of carbonyl (C=O) groups excluding carboxylic acids is 1. The molecule has 1 aromatic carbocycles. The summed E-state index contributed by atoms with van der Waals surface area (Å²) in [5.74, 6) is -0.319. The Labute approximate surface area is 143 Å². The maximum absolute atomic E-state index is 12.3. The molecule has 0 amide bonds. The topological polar surface area (TPSA) is 93.9 Å². The fourth-order valence-electron chi connectivity index (χ4n) is 2.35. The van der Waals surface area contributed by atoms with Crippen LogP contribution >= 0.6 is 11.6 Å². The van der Waals surface area contributed by atoms with Crippen molar-refractivity contribution in [2.24, 2.45) is 0 Å². The quantitative estimate of drug-likeness (QED) is 0.707. The van der Waals surface area contributed by atoms with E-state index in [1.54, 1.807) is 13.0 Å². The smallest absolute Gasteiger partial charge is 0.340 e. The van der Waals surface area contributed by atoms with Gasteiger partial charge in [0.05, 0.1) is 34.8 Å². The molecule has 0 saturated heterocycles. The van der Waals surface area contributed by atoms with Crippen molar-refractivity contribution in [1.29, 1.82) is 0 Å². The number of carbonyl (C=O) groups is 1. The number of nitrogens with zero attached hydrogens (tertiary/aromatic N) is 2. The molecule has 0 unspecified atom stereocenters. The zero-order valence-corrected chi connectivity index (χ0v) is 13.7. The first-order valence-electron chi connectivity index (χ1n) is 7.34. The highest BCUT2D eigenvalue weighted by Gasteiger charge is 2.20. The summed E-state index contributed by atoms with van der Waals surface area (Å²) in [6.07, 6.45) is 1.42. The molecule has 24 heavy (non-hydrogen) atoms. The van der Waals surface area contributed by atoms with E-state index in [1.165, 1.54) is 6.20 Å². The fourth-order valence-corrected chi connectivity index (χ4v) is 2.55. The number of esters is 1. The van der Waals surface area contributed by atoms with Gasteiger partial charge >= 0.3 is 5.97 Å². The molecule has 0 aliphatic carbocycles. The fraction of sp³-hybridized carbons (Fsp3) is 0.118. The van der Waals surface area contributed by atoms with Crippen molar-refractivity contribution in [3.8, 4) is 22.6 Å². The van der Waals surface area contributed by atoms with Gasteiger partial charge < -0.3 is 15.5 Å². The van der Waals surface area contributed by atoms with Crippen LogP contribution in [0.1, 0.15) is 17.3 Å². The molecule has 0 aliphatic rings. The summed E-state index contributed by atoms with van der Waals surface area (Å²) in [5.41, 5.74) is 8.53. The van der Waals surface area contributed by atoms with Gasteiger partial charge in [0, 0.05) is 0 Å². The normalized spacial score (nSPS) is 10.6. The number of hydrogen-bond donors (Lipinski definition) is 2. The molecule has 0 bridgehead atoms. The second-order valence-corrected chi connectivity index (χ2v) is 5.39. The predicted octanol–water partition coefficient (Wildman–Crippen LogP) is 3.55. The number of halogens is 1. The van der Waals surface area contributed by atoms with E-state index in [1.807, 2.05) is 30.3 Å². The Morgan fingerprint density at radius 3 is 2.79 bits per heavy atom. The van der Waals surface area contributed by atoms with Crippen molar-refractivity contribution in [2.45, 2.75) is 6.92 Å². The highest BCUT2D eigenvalue weighted by atomic mass is 35.5. The highest BCUT2D eigenvalue weighted by Crippen LogP contribution is 2.31. The van der Waals surface area contributed by atoms with Crippen LogP contribution < -0.4 is 5.73 Å². The minimum atomic E-state index is -0.419. The number of nitrogens with two attached hydrogens (primary N) is 1. The number of ether oxygens (including phenoxy) is 1. The second kappa shape index (κ2) is 6.72. The van der Waals surface area contributed by atoms with Gasteiger partial charge in [0.25, 0.3) is 0 Å². The van der Waals surface area contributed by atoms with Crippen LogP contribution in [0.2, 0.25) is 5.02 Å². The van der Waals surface area contributed by atoms with Crippen LogP contribution in [0, 0.1) is 0 Å². The summed E-state index contributed by atoms with van der Waals surface area (Å²) in [6.45, 7) is 2.05. The predicted molar refractivity (Wildman–Crippen MR) is 92.6 cm³/mol. The van der Waals surface area contributed by atoms with Crippen LogP contribution in [0.25, 0.3) is 22.6 Å². The van der Waals surface area contributed by atoms with Crippen molar-refractivity contribution in [3.63, 3.8) is 0 Å². The number of H-pyrrole nitrogens is 1. The Bertz CT molecular complexity index is 878. The minimum Gasteiger partial charge on any atom is -0.462 e. The monoisotopic (exact) mass is 342 g/mol. The Hall–Kier alpha value is -2.86. The van der Waals surface area contributed by atoms with Crippen LogP contribution in [0.5, 0.6) is 0 Å². The third kappa shape index (κ3) is 3.09. The summed E-state index contributed by atoms with van der Waals surface area (Å²) in [7, 11) is 0. The van der Waals surface area contributed by atoms with Gasteiger partial charge in [0.2, 0.25) is 5.95 Å². The van der Waals surface area contributed by atoms with Gasteiger partial charge in [0.15, 0.2) is 0 Å². The summed E-state index contributed by atoms with van der Waals surface area (Å²) in [5, 5.41) is 0.334. The molecule has 6 nitrogen and oxygen atoms in total. The summed E-state index contributed by atoms with van der Waals surface area (Å²) >= 11 is 6.16. The summed E-state index contributed by atoms with van der Waals surface area (Å²) in [4.78, 5) is 23.5. The lowest BCUT2D eigenvalue weighted by Gasteiger charge is -2.04. The van der Waals surface area contributed by atoms with Crippen molar-refractivity contribution in [3.05, 3.63) is 53.2 Å². The average molecular weight is 343 g/mol. The average Bonchev–Trinajstić information content (AvgIpc) is 3.03. The molecule has 0 radical (unpaired) electrons. The van der Waals surface area contributed by atoms with Gasteiger partial charge in [-0.2, -0.15) is 0 Å². The number of aromatic nitrogens is 3. The maximum atomic E-state index is 12.3. The Kier molecular flexibility index (Phi) is 4.48. The van der Waals surface area contributed by atoms with Gasteiger partial charge in [-0.3, -0.25) is 0 Å². The minimum absolute atomic E-state index is 0.0999. The van der Waals surface area contributed by atoms with E-state index in [0.29, 0.717) is 27.7 Å². The number of aromatic amines is 1. The lowest BCUT2D eigenvalue weighted by Crippen LogP contribution is -2.04. The van der Waals surface area contributed by atoms with Gasteiger partial charge in [-0.1, -0.05) is 41.9 Å². The van der Waals surface area contributed by atoms with Crippen molar-refractivity contribution in [2.75, 3.05) is 12.3 Å². The van der Waals surface area contributed by atoms with Crippen LogP contribution in [0.4, 0.5) is 5.95 Å². The van der Waals surface area contributed by atoms with E-state index in [0.717, 1.165) is 5.56 Å². The number of benzene rings is 1. The largest absolute Gasteiger partial charge is 0.462 e. The van der Waals surface area contributed by atoms with Crippen molar-refractivity contribution >= 4 is 23.5 Å². The lowest BCUT2D eigenvalue weighted by atomic mass is 10.1. The number of nitrogen functional groups attached to an aromatic ring is 1. The number of rotatable bonds is 4. The molecule has 2 heterocycles. The molecule has 2 aromatic heterocycles. The molecule has 0 saturated carbocycles. The molecule has 3 rings (SSSR count). The molecule has 0 atom stereocenters. The van der Waals surface area contributed by atoms with E-state index in [9.17, 15) is 4.79 Å². The lowest BCUT2D eigenvalue weighted by molar-refractivity contribution is 0.0527. The van der Waals surface area contributed by atoms with Crippen LogP contribution in [-0.4, -0.2) is 27.5 Å². The number of anilines is 1. The van der Waals surface area contributed by atoms with E-state index < -0.39 is 5.97 Å². The molecule has 3 N–H and O–H groups in total. The van der Waals surface area contributed by atoms with Crippen molar-refractivity contribution < 1.29 is 9.53 Å². The van der Waals surface area contributed by atoms with E-state index in [2.05, 4.69) is 15.0 Å². The van der Waals surface area contributed by atoms with Gasteiger partial charge in [-0.25, -0.2) is 14.8 Å². The first-order chi connectivity index (χ1) is 11.6. The SMILES string of the molecule is CCOC(=O)c1cc(-c2nc(N)ncc2Cl)[nH]c1-c1ccccc1. The Morgan fingerprint density at radius 2 is 2.08 bits per heavy atom. The molecule has 122 valence electrons. The molecular weight excluding hydrogens is 328 g/mol. The third-order valence-electron chi connectivity index (χ3n) is 3.39. The zero-order valence-electron chi connectivity index (χ0n) is 12.9. The van der Waals surface area contributed by atoms with Crippen LogP contribution in [0.15, 0.2) is 42.6 Å².